The number of nitrogens with zero attached hydrogens (tertiary/aromatic N) is 1. The van der Waals surface area contributed by atoms with Crippen molar-refractivity contribution in [2.45, 2.75) is 44.4 Å². The van der Waals surface area contributed by atoms with Gasteiger partial charge in [-0.1, -0.05) is 37.5 Å². The second-order valence-corrected chi connectivity index (χ2v) is 7.79. The number of carbonyl (C=O) groups is 1. The van der Waals surface area contributed by atoms with Gasteiger partial charge in [0.05, 0.1) is 6.54 Å². The van der Waals surface area contributed by atoms with Gasteiger partial charge in [-0.2, -0.15) is 0 Å². The minimum atomic E-state index is 0.0505. The van der Waals surface area contributed by atoms with Gasteiger partial charge in [0, 0.05) is 17.7 Å². The highest BCUT2D eigenvalue weighted by Gasteiger charge is 2.34. The van der Waals surface area contributed by atoms with Crippen LogP contribution < -0.4 is 4.90 Å². The number of hydrogen-bond acceptors (Lipinski definition) is 3. The van der Waals surface area contributed by atoms with E-state index in [1.54, 1.807) is 0 Å². The number of hydrogen-bond donors (Lipinski definition) is 0. The van der Waals surface area contributed by atoms with Gasteiger partial charge in [0.25, 0.3) is 5.91 Å². The van der Waals surface area contributed by atoms with Crippen molar-refractivity contribution in [1.29, 1.82) is 0 Å². The Morgan fingerprint density at radius 1 is 0.963 bits per heavy atom. The van der Waals surface area contributed by atoms with Crippen molar-refractivity contribution < 1.29 is 14.3 Å². The van der Waals surface area contributed by atoms with Crippen LogP contribution in [-0.2, 0) is 14.3 Å². The Morgan fingerprint density at radius 3 is 2.56 bits per heavy atom. The molecule has 0 aromatic heterocycles. The molecule has 1 saturated heterocycles. The average molecular weight is 363 g/mol. The van der Waals surface area contributed by atoms with Gasteiger partial charge in [-0.05, 0) is 48.1 Å². The normalized spacial score (nSPS) is 23.0. The molecular formula is C23H25NO3. The fraction of sp³-hybridized carbons (Fsp3) is 0.435. The molecule has 0 radical (unpaired) electrons. The maximum Gasteiger partial charge on any atom is 0.259 e. The first-order chi connectivity index (χ1) is 13.3. The van der Waals surface area contributed by atoms with Crippen LogP contribution in [0, 0.1) is 0 Å². The Kier molecular flexibility index (Phi) is 4.27. The van der Waals surface area contributed by atoms with Crippen LogP contribution in [0.25, 0.3) is 0 Å². The third-order valence-corrected chi connectivity index (χ3v) is 6.13. The molecule has 1 aromatic rings. The van der Waals surface area contributed by atoms with Gasteiger partial charge in [0.2, 0.25) is 0 Å². The third-order valence-electron chi connectivity index (χ3n) is 6.13. The molecule has 2 fully saturated rings. The molecule has 1 amide bonds. The van der Waals surface area contributed by atoms with Crippen LogP contribution >= 0.6 is 0 Å². The van der Waals surface area contributed by atoms with Crippen molar-refractivity contribution in [3.05, 3.63) is 64.6 Å². The van der Waals surface area contributed by atoms with Crippen LogP contribution in [0.3, 0.4) is 0 Å². The predicted molar refractivity (Wildman–Crippen MR) is 104 cm³/mol. The molecule has 5 rings (SSSR count). The second-order valence-electron chi connectivity index (χ2n) is 7.79. The van der Waals surface area contributed by atoms with Crippen LogP contribution in [0.5, 0.6) is 0 Å². The fourth-order valence-corrected chi connectivity index (χ4v) is 4.61. The number of anilines is 1. The molecule has 2 aliphatic carbocycles. The molecule has 4 heteroatoms. The standard InChI is InChI=1S/C23H25NO3/c25-23-20-14-22-21(26-12-13-27-22)11-8-18(20)15-24(23)19-9-6-17(7-10-19)16-4-2-1-3-5-16/h6-10,14,16H,1-5,11-13,15H2. The van der Waals surface area contributed by atoms with Gasteiger partial charge in [-0.25, -0.2) is 0 Å². The fourth-order valence-electron chi connectivity index (χ4n) is 4.61. The lowest BCUT2D eigenvalue weighted by Gasteiger charge is -2.23. The van der Waals surface area contributed by atoms with Crippen LogP contribution in [-0.4, -0.2) is 25.7 Å². The highest BCUT2D eigenvalue weighted by molar-refractivity contribution is 6.13. The minimum absolute atomic E-state index is 0.0505. The number of rotatable bonds is 2. The molecular weight excluding hydrogens is 338 g/mol. The zero-order chi connectivity index (χ0) is 18.2. The Labute approximate surface area is 160 Å². The van der Waals surface area contributed by atoms with Gasteiger partial charge >= 0.3 is 0 Å². The maximum absolute atomic E-state index is 13.1. The molecule has 27 heavy (non-hydrogen) atoms. The quantitative estimate of drug-likeness (QED) is 0.771. The van der Waals surface area contributed by atoms with Crippen molar-refractivity contribution in [3.63, 3.8) is 0 Å². The van der Waals surface area contributed by atoms with E-state index in [1.165, 1.54) is 37.7 Å². The largest absolute Gasteiger partial charge is 0.490 e. The average Bonchev–Trinajstić information content (AvgIpc) is 2.92. The van der Waals surface area contributed by atoms with E-state index in [0.29, 0.717) is 37.9 Å². The molecule has 2 aliphatic heterocycles. The molecule has 2 heterocycles. The zero-order valence-corrected chi connectivity index (χ0v) is 15.6. The number of benzene rings is 1. The number of amides is 1. The van der Waals surface area contributed by atoms with Gasteiger partial charge in [-0.3, -0.25) is 4.79 Å². The van der Waals surface area contributed by atoms with Crippen LogP contribution in [0.4, 0.5) is 5.69 Å². The van der Waals surface area contributed by atoms with E-state index in [-0.39, 0.29) is 5.91 Å². The molecule has 0 spiro atoms. The Hall–Kier alpha value is -2.49. The first-order valence-electron chi connectivity index (χ1n) is 10.1. The lowest BCUT2D eigenvalue weighted by molar-refractivity contribution is -0.114. The highest BCUT2D eigenvalue weighted by Crippen LogP contribution is 2.36. The van der Waals surface area contributed by atoms with Gasteiger partial charge in [0.1, 0.15) is 19.0 Å². The van der Waals surface area contributed by atoms with E-state index < -0.39 is 0 Å². The summed E-state index contributed by atoms with van der Waals surface area (Å²) in [7, 11) is 0. The lowest BCUT2D eigenvalue weighted by atomic mass is 9.84. The smallest absolute Gasteiger partial charge is 0.259 e. The van der Waals surface area contributed by atoms with Crippen LogP contribution in [0.15, 0.2) is 59.1 Å². The summed E-state index contributed by atoms with van der Waals surface area (Å²) in [5.41, 5.74) is 4.20. The summed E-state index contributed by atoms with van der Waals surface area (Å²) in [6.07, 6.45) is 11.3. The summed E-state index contributed by atoms with van der Waals surface area (Å²) in [6.45, 7) is 1.74. The summed E-state index contributed by atoms with van der Waals surface area (Å²) < 4.78 is 11.4. The van der Waals surface area contributed by atoms with Crippen LogP contribution in [0.1, 0.15) is 50.0 Å². The third kappa shape index (κ3) is 3.07. The molecule has 0 bridgehead atoms. The summed E-state index contributed by atoms with van der Waals surface area (Å²) in [4.78, 5) is 14.9. The van der Waals surface area contributed by atoms with Crippen molar-refractivity contribution in [2.24, 2.45) is 0 Å². The molecule has 0 atom stereocenters. The Bertz CT molecular complexity index is 841. The van der Waals surface area contributed by atoms with E-state index in [9.17, 15) is 4.79 Å². The first-order valence-corrected chi connectivity index (χ1v) is 10.1. The van der Waals surface area contributed by atoms with E-state index in [1.807, 2.05) is 11.0 Å². The molecule has 4 nitrogen and oxygen atoms in total. The number of carbonyl (C=O) groups excluding carboxylic acids is 1. The maximum atomic E-state index is 13.1. The van der Waals surface area contributed by atoms with E-state index in [4.69, 9.17) is 9.47 Å². The molecule has 1 saturated carbocycles. The topological polar surface area (TPSA) is 38.8 Å². The first kappa shape index (κ1) is 16.7. The van der Waals surface area contributed by atoms with Crippen molar-refractivity contribution >= 4 is 11.6 Å². The molecule has 0 unspecified atom stereocenters. The monoisotopic (exact) mass is 363 g/mol. The van der Waals surface area contributed by atoms with E-state index in [0.717, 1.165) is 22.6 Å². The number of allylic oxidation sites excluding steroid dienone is 2. The SMILES string of the molecule is O=C1C2=CC3=C(CC=C2CN1c1ccc(C2CCCCC2)cc1)OCCO3. The molecule has 140 valence electrons. The molecule has 0 N–H and O–H groups in total. The van der Waals surface area contributed by atoms with Gasteiger partial charge in [-0.15, -0.1) is 0 Å². The number of ether oxygens (including phenoxy) is 2. The van der Waals surface area contributed by atoms with Crippen LogP contribution in [0.2, 0.25) is 0 Å². The van der Waals surface area contributed by atoms with E-state index in [2.05, 4.69) is 30.3 Å². The van der Waals surface area contributed by atoms with Crippen molar-refractivity contribution in [2.75, 3.05) is 24.7 Å². The van der Waals surface area contributed by atoms with Crippen molar-refractivity contribution in [1.82, 2.24) is 0 Å². The minimum Gasteiger partial charge on any atom is -0.490 e. The van der Waals surface area contributed by atoms with Gasteiger partial charge in [0.15, 0.2) is 5.76 Å². The van der Waals surface area contributed by atoms with E-state index >= 15 is 0 Å². The van der Waals surface area contributed by atoms with Crippen molar-refractivity contribution in [3.8, 4) is 0 Å². The summed E-state index contributed by atoms with van der Waals surface area (Å²) >= 11 is 0. The Morgan fingerprint density at radius 2 is 1.74 bits per heavy atom. The Balaban J connectivity index is 1.39. The van der Waals surface area contributed by atoms with Gasteiger partial charge < -0.3 is 14.4 Å². The second kappa shape index (κ2) is 6.91. The summed E-state index contributed by atoms with van der Waals surface area (Å²) in [5.74, 6) is 2.29. The lowest BCUT2D eigenvalue weighted by Crippen LogP contribution is -2.24. The molecule has 4 aliphatic rings. The number of fused-ring (bicyclic) bond motifs is 1. The highest BCUT2D eigenvalue weighted by atomic mass is 16.6. The molecule has 1 aromatic carbocycles. The summed E-state index contributed by atoms with van der Waals surface area (Å²) in [6, 6.07) is 8.65. The zero-order valence-electron chi connectivity index (χ0n) is 15.6. The summed E-state index contributed by atoms with van der Waals surface area (Å²) in [5, 5.41) is 0. The predicted octanol–water partition coefficient (Wildman–Crippen LogP) is 4.60.